The Morgan fingerprint density at radius 1 is 1.24 bits per heavy atom. The second kappa shape index (κ2) is 8.68. The van der Waals surface area contributed by atoms with E-state index < -0.39 is 0 Å². The third-order valence-corrected chi connectivity index (χ3v) is 6.41. The summed E-state index contributed by atoms with van der Waals surface area (Å²) in [6.07, 6.45) is 9.88. The second-order valence-corrected chi connectivity index (χ2v) is 9.73. The minimum Gasteiger partial charge on any atom is -0.375 e. The molecule has 8 nitrogen and oxygen atoms in total. The molecule has 5 heterocycles. The lowest BCUT2D eigenvalue weighted by Gasteiger charge is -2.35. The Morgan fingerprint density at radius 2 is 2.09 bits per heavy atom. The molecule has 0 saturated carbocycles. The molecule has 0 bridgehead atoms. The minimum absolute atomic E-state index is 0.0785. The summed E-state index contributed by atoms with van der Waals surface area (Å²) >= 11 is 0. The molecule has 34 heavy (non-hydrogen) atoms. The maximum absolute atomic E-state index is 13.2. The second-order valence-electron chi connectivity index (χ2n) is 9.73. The van der Waals surface area contributed by atoms with Crippen molar-refractivity contribution in [3.63, 3.8) is 0 Å². The number of rotatable bonds is 5. The first-order valence-electron chi connectivity index (χ1n) is 11.6. The van der Waals surface area contributed by atoms with Crippen LogP contribution in [0.3, 0.4) is 0 Å². The van der Waals surface area contributed by atoms with Gasteiger partial charge in [-0.25, -0.2) is 4.98 Å². The van der Waals surface area contributed by atoms with Gasteiger partial charge in [0.05, 0.1) is 17.5 Å². The number of ether oxygens (including phenoxy) is 1. The number of fused-ring (bicyclic) bond motifs is 1. The molecule has 1 fully saturated rings. The predicted octanol–water partition coefficient (Wildman–Crippen LogP) is 3.65. The van der Waals surface area contributed by atoms with E-state index in [0.29, 0.717) is 18.7 Å². The molecule has 0 aromatic carbocycles. The maximum atomic E-state index is 13.2. The summed E-state index contributed by atoms with van der Waals surface area (Å²) in [5, 5.41) is 8.44. The van der Waals surface area contributed by atoms with E-state index in [2.05, 4.69) is 46.4 Å². The van der Waals surface area contributed by atoms with Crippen LogP contribution in [0.25, 0.3) is 22.3 Å². The first-order chi connectivity index (χ1) is 16.3. The fraction of sp³-hybridized carbons (Fsp3) is 0.385. The van der Waals surface area contributed by atoms with Crippen molar-refractivity contribution in [2.45, 2.75) is 44.8 Å². The number of nitrogens with one attached hydrogen (secondary N) is 1. The molecule has 5 rings (SSSR count). The number of amides is 1. The van der Waals surface area contributed by atoms with Crippen LogP contribution < -0.4 is 5.32 Å². The average molecular weight is 459 g/mol. The van der Waals surface area contributed by atoms with E-state index in [1.807, 2.05) is 55.6 Å². The molecule has 0 radical (unpaired) electrons. The highest BCUT2D eigenvalue weighted by Gasteiger charge is 2.30. The molecule has 4 aromatic rings. The zero-order valence-electron chi connectivity index (χ0n) is 20.1. The number of nitrogens with zero attached hydrogens (tertiary/aromatic N) is 5. The van der Waals surface area contributed by atoms with Crippen LogP contribution in [0.5, 0.6) is 0 Å². The summed E-state index contributed by atoms with van der Waals surface area (Å²) in [6, 6.07) is 8.13. The van der Waals surface area contributed by atoms with Gasteiger partial charge >= 0.3 is 0 Å². The summed E-state index contributed by atoms with van der Waals surface area (Å²) in [7, 11) is 3.84. The molecular weight excluding hydrogens is 428 g/mol. The first kappa shape index (κ1) is 22.3. The fourth-order valence-corrected chi connectivity index (χ4v) is 4.65. The first-order valence-corrected chi connectivity index (χ1v) is 11.6. The normalized spacial score (nSPS) is 17.7. The highest BCUT2D eigenvalue weighted by Crippen LogP contribution is 2.26. The summed E-state index contributed by atoms with van der Waals surface area (Å²) < 4.78 is 9.51. The van der Waals surface area contributed by atoms with Crippen LogP contribution in [0.2, 0.25) is 0 Å². The zero-order valence-corrected chi connectivity index (χ0v) is 20.1. The summed E-state index contributed by atoms with van der Waals surface area (Å²) in [5.74, 6) is -0.142. The SMILES string of the molecule is Cn1cc(-c2ccc(Cc3cc(C(=O)NC4CCOC(C)(C)C4)nc4c3ccn4C)cn2)cn1. The smallest absolute Gasteiger partial charge is 0.270 e. The quantitative estimate of drug-likeness (QED) is 0.493. The Morgan fingerprint density at radius 3 is 2.79 bits per heavy atom. The highest BCUT2D eigenvalue weighted by atomic mass is 16.5. The minimum atomic E-state index is -0.230. The molecule has 1 saturated heterocycles. The van der Waals surface area contributed by atoms with Crippen LogP contribution in [0.1, 0.15) is 48.3 Å². The molecular formula is C26H30N6O2. The van der Waals surface area contributed by atoms with Gasteiger partial charge in [-0.2, -0.15) is 5.10 Å². The van der Waals surface area contributed by atoms with Gasteiger partial charge in [0.15, 0.2) is 0 Å². The van der Waals surface area contributed by atoms with Crippen molar-refractivity contribution in [3.8, 4) is 11.3 Å². The third-order valence-electron chi connectivity index (χ3n) is 6.41. The lowest BCUT2D eigenvalue weighted by molar-refractivity contribution is -0.0615. The van der Waals surface area contributed by atoms with Gasteiger partial charge in [-0.1, -0.05) is 6.07 Å². The average Bonchev–Trinajstić information content (AvgIpc) is 3.39. The van der Waals surface area contributed by atoms with Gasteiger partial charge in [0.2, 0.25) is 0 Å². The Balaban J connectivity index is 1.40. The molecule has 1 atom stereocenters. The van der Waals surface area contributed by atoms with Crippen LogP contribution in [0.15, 0.2) is 49.1 Å². The van der Waals surface area contributed by atoms with E-state index in [4.69, 9.17) is 4.74 Å². The molecule has 1 aliphatic heterocycles. The number of carbonyl (C=O) groups is 1. The predicted molar refractivity (Wildman–Crippen MR) is 130 cm³/mol. The molecule has 0 spiro atoms. The van der Waals surface area contributed by atoms with Gasteiger partial charge in [0, 0.05) is 56.3 Å². The van der Waals surface area contributed by atoms with Gasteiger partial charge in [-0.3, -0.25) is 14.5 Å². The van der Waals surface area contributed by atoms with Crippen LogP contribution in [0, 0.1) is 0 Å². The van der Waals surface area contributed by atoms with Crippen molar-refractivity contribution in [2.24, 2.45) is 14.1 Å². The number of aryl methyl sites for hydroxylation is 2. The third kappa shape index (κ3) is 4.59. The lowest BCUT2D eigenvalue weighted by atomic mass is 9.94. The largest absolute Gasteiger partial charge is 0.375 e. The van der Waals surface area contributed by atoms with Gasteiger partial charge in [0.25, 0.3) is 5.91 Å². The number of aromatic nitrogens is 5. The van der Waals surface area contributed by atoms with Crippen molar-refractivity contribution in [1.29, 1.82) is 0 Å². The molecule has 1 unspecified atom stereocenters. The zero-order chi connectivity index (χ0) is 23.9. The van der Waals surface area contributed by atoms with Crippen molar-refractivity contribution in [3.05, 3.63) is 65.9 Å². The lowest BCUT2D eigenvalue weighted by Crippen LogP contribution is -2.46. The molecule has 4 aromatic heterocycles. The summed E-state index contributed by atoms with van der Waals surface area (Å²) in [5.41, 5.74) is 5.00. The molecule has 1 aliphatic rings. The van der Waals surface area contributed by atoms with E-state index in [0.717, 1.165) is 46.3 Å². The highest BCUT2D eigenvalue weighted by molar-refractivity contribution is 5.95. The molecule has 1 amide bonds. The standard InChI is InChI=1S/C26H30N6O2/c1-26(2)13-20(8-10-34-26)29-25(33)23-12-18(21-7-9-31(3)24(21)30-23)11-17-5-6-22(27-14-17)19-15-28-32(4)16-19/h5-7,9,12,14-16,20H,8,10-11,13H2,1-4H3,(H,29,33). The molecule has 1 N–H and O–H groups in total. The molecule has 0 aliphatic carbocycles. The van der Waals surface area contributed by atoms with Gasteiger partial charge in [-0.05, 0) is 62.4 Å². The van der Waals surface area contributed by atoms with Crippen molar-refractivity contribution < 1.29 is 9.53 Å². The van der Waals surface area contributed by atoms with Crippen molar-refractivity contribution >= 4 is 16.9 Å². The van der Waals surface area contributed by atoms with Gasteiger partial charge < -0.3 is 14.6 Å². The van der Waals surface area contributed by atoms with E-state index in [9.17, 15) is 4.79 Å². The van der Waals surface area contributed by atoms with E-state index >= 15 is 0 Å². The number of hydrogen-bond donors (Lipinski definition) is 1. The van der Waals surface area contributed by atoms with Crippen molar-refractivity contribution in [2.75, 3.05) is 6.61 Å². The Bertz CT molecular complexity index is 1340. The van der Waals surface area contributed by atoms with E-state index in [1.165, 1.54) is 0 Å². The van der Waals surface area contributed by atoms with Crippen LogP contribution in [0.4, 0.5) is 0 Å². The van der Waals surface area contributed by atoms with Crippen molar-refractivity contribution in [1.82, 2.24) is 29.6 Å². The summed E-state index contributed by atoms with van der Waals surface area (Å²) in [4.78, 5) is 22.5. The Labute approximate surface area is 199 Å². The number of pyridine rings is 2. The molecule has 8 heteroatoms. The topological polar surface area (TPSA) is 86.9 Å². The number of hydrogen-bond acceptors (Lipinski definition) is 5. The van der Waals surface area contributed by atoms with E-state index in [-0.39, 0.29) is 17.6 Å². The van der Waals surface area contributed by atoms with Gasteiger partial charge in [-0.15, -0.1) is 0 Å². The number of carbonyl (C=O) groups excluding carboxylic acids is 1. The fourth-order valence-electron chi connectivity index (χ4n) is 4.65. The maximum Gasteiger partial charge on any atom is 0.270 e. The molecule has 176 valence electrons. The monoisotopic (exact) mass is 458 g/mol. The van der Waals surface area contributed by atoms with Crippen LogP contribution in [-0.4, -0.2) is 48.5 Å². The van der Waals surface area contributed by atoms with Crippen LogP contribution in [-0.2, 0) is 25.3 Å². The van der Waals surface area contributed by atoms with E-state index in [1.54, 1.807) is 4.68 Å². The van der Waals surface area contributed by atoms with Gasteiger partial charge in [0.1, 0.15) is 11.3 Å². The van der Waals surface area contributed by atoms with Crippen LogP contribution >= 0.6 is 0 Å². The summed E-state index contributed by atoms with van der Waals surface area (Å²) in [6.45, 7) is 4.77. The Hall–Kier alpha value is -3.52. The Kier molecular flexibility index (Phi) is 5.69.